The van der Waals surface area contributed by atoms with Gasteiger partial charge in [0.2, 0.25) is 0 Å². The molecule has 0 saturated heterocycles. The predicted octanol–water partition coefficient (Wildman–Crippen LogP) is 3.80. The molecule has 1 aromatic carbocycles. The molecule has 0 radical (unpaired) electrons. The zero-order chi connectivity index (χ0) is 13.9. The first-order chi connectivity index (χ1) is 9.02. The van der Waals surface area contributed by atoms with Crippen LogP contribution in [0.25, 0.3) is 10.9 Å². The molecule has 0 aliphatic heterocycles. The molecule has 2 rings (SSSR count). The zero-order valence-corrected chi connectivity index (χ0v) is 12.4. The van der Waals surface area contributed by atoms with E-state index in [2.05, 4.69) is 62.4 Å². The van der Waals surface area contributed by atoms with Crippen LogP contribution < -0.4 is 5.32 Å². The number of aromatic nitrogens is 1. The van der Waals surface area contributed by atoms with Crippen molar-refractivity contribution in [3.63, 3.8) is 0 Å². The van der Waals surface area contributed by atoms with Crippen LogP contribution in [0.15, 0.2) is 36.5 Å². The normalized spacial score (nSPS) is 13.7. The van der Waals surface area contributed by atoms with Crippen LogP contribution in [0.1, 0.15) is 32.8 Å². The fourth-order valence-electron chi connectivity index (χ4n) is 2.70. The predicted molar refractivity (Wildman–Crippen MR) is 82.4 cm³/mol. The fraction of sp³-hybridized carbons (Fsp3) is 0.471. The monoisotopic (exact) mass is 256 g/mol. The molecule has 1 N–H and O–H groups in total. The lowest BCUT2D eigenvalue weighted by molar-refractivity contribution is 0.268. The van der Waals surface area contributed by atoms with Crippen molar-refractivity contribution >= 4 is 10.9 Å². The lowest BCUT2D eigenvalue weighted by atomic mass is 9.83. The van der Waals surface area contributed by atoms with Crippen molar-refractivity contribution in [2.45, 2.75) is 39.7 Å². The minimum atomic E-state index is 0.289. The molecule has 0 fully saturated rings. The minimum absolute atomic E-state index is 0.289. The lowest BCUT2D eigenvalue weighted by Crippen LogP contribution is -2.38. The molecular weight excluding hydrogens is 232 g/mol. The molecule has 1 atom stereocenters. The summed E-state index contributed by atoms with van der Waals surface area (Å²) in [5, 5.41) is 4.73. The van der Waals surface area contributed by atoms with E-state index in [1.807, 2.05) is 12.3 Å². The van der Waals surface area contributed by atoms with Gasteiger partial charge in [0.05, 0.1) is 5.52 Å². The van der Waals surface area contributed by atoms with Gasteiger partial charge in [0, 0.05) is 17.6 Å². The number of rotatable bonds is 4. The second-order valence-electron chi connectivity index (χ2n) is 6.23. The number of hydrogen-bond acceptors (Lipinski definition) is 2. The van der Waals surface area contributed by atoms with Gasteiger partial charge in [0.1, 0.15) is 0 Å². The highest BCUT2D eigenvalue weighted by atomic mass is 14.9. The van der Waals surface area contributed by atoms with Gasteiger partial charge in [-0.3, -0.25) is 4.98 Å². The van der Waals surface area contributed by atoms with Gasteiger partial charge in [0.15, 0.2) is 0 Å². The number of nitrogens with one attached hydrogen (secondary N) is 1. The van der Waals surface area contributed by atoms with E-state index in [9.17, 15) is 0 Å². The van der Waals surface area contributed by atoms with Gasteiger partial charge in [-0.2, -0.15) is 0 Å². The summed E-state index contributed by atoms with van der Waals surface area (Å²) in [5.41, 5.74) is 2.78. The first kappa shape index (κ1) is 14.0. The molecule has 0 aliphatic carbocycles. The highest BCUT2D eigenvalue weighted by Gasteiger charge is 2.22. The van der Waals surface area contributed by atoms with Gasteiger partial charge in [-0.15, -0.1) is 0 Å². The van der Waals surface area contributed by atoms with E-state index in [4.69, 9.17) is 0 Å². The SMILES string of the molecule is CNC(CCc1cccc2ncccc12)C(C)(C)C. The molecule has 19 heavy (non-hydrogen) atoms. The van der Waals surface area contributed by atoms with Crippen molar-refractivity contribution in [1.29, 1.82) is 0 Å². The summed E-state index contributed by atoms with van der Waals surface area (Å²) in [6.45, 7) is 6.87. The van der Waals surface area contributed by atoms with E-state index in [-0.39, 0.29) is 5.41 Å². The van der Waals surface area contributed by atoms with Crippen molar-refractivity contribution in [2.75, 3.05) is 7.05 Å². The standard InChI is InChI=1S/C17H24N2/c1-17(2,3)16(18-4)11-10-13-7-5-9-15-14(13)8-6-12-19-15/h5-9,12,16,18H,10-11H2,1-4H3. The zero-order valence-electron chi connectivity index (χ0n) is 12.4. The molecule has 1 unspecified atom stereocenters. The molecule has 2 aromatic rings. The van der Waals surface area contributed by atoms with Crippen molar-refractivity contribution in [1.82, 2.24) is 10.3 Å². The Hall–Kier alpha value is -1.41. The average Bonchev–Trinajstić information content (AvgIpc) is 2.38. The van der Waals surface area contributed by atoms with E-state index in [1.165, 1.54) is 10.9 Å². The Balaban J connectivity index is 2.18. The van der Waals surface area contributed by atoms with Crippen molar-refractivity contribution in [3.05, 3.63) is 42.1 Å². The molecule has 102 valence electrons. The van der Waals surface area contributed by atoms with Crippen LogP contribution in [0, 0.1) is 5.41 Å². The van der Waals surface area contributed by atoms with Gasteiger partial charge in [-0.05, 0) is 43.0 Å². The molecule has 2 nitrogen and oxygen atoms in total. The highest BCUT2D eigenvalue weighted by Crippen LogP contribution is 2.25. The number of aryl methyl sites for hydroxylation is 1. The molecular formula is C17H24N2. The second kappa shape index (κ2) is 5.70. The molecule has 0 amide bonds. The molecule has 0 saturated carbocycles. The summed E-state index contributed by atoms with van der Waals surface area (Å²) in [5.74, 6) is 0. The maximum atomic E-state index is 4.42. The number of pyridine rings is 1. The van der Waals surface area contributed by atoms with Crippen molar-refractivity contribution < 1.29 is 0 Å². The van der Waals surface area contributed by atoms with Crippen LogP contribution in [0.2, 0.25) is 0 Å². The van der Waals surface area contributed by atoms with Gasteiger partial charge in [-0.1, -0.05) is 39.0 Å². The number of fused-ring (bicyclic) bond motifs is 1. The molecule has 0 aliphatic rings. The number of hydrogen-bond donors (Lipinski definition) is 1. The third-order valence-corrected chi connectivity index (χ3v) is 3.83. The molecule has 1 aromatic heterocycles. The Kier molecular flexibility index (Phi) is 4.20. The fourth-order valence-corrected chi connectivity index (χ4v) is 2.70. The van der Waals surface area contributed by atoms with Crippen LogP contribution in [0.3, 0.4) is 0 Å². The highest BCUT2D eigenvalue weighted by molar-refractivity contribution is 5.81. The summed E-state index contributed by atoms with van der Waals surface area (Å²) < 4.78 is 0. The summed E-state index contributed by atoms with van der Waals surface area (Å²) in [6.07, 6.45) is 4.09. The minimum Gasteiger partial charge on any atom is -0.316 e. The summed E-state index contributed by atoms with van der Waals surface area (Å²) >= 11 is 0. The maximum absolute atomic E-state index is 4.42. The van der Waals surface area contributed by atoms with E-state index in [1.54, 1.807) is 0 Å². The maximum Gasteiger partial charge on any atom is 0.0704 e. The largest absolute Gasteiger partial charge is 0.316 e. The van der Waals surface area contributed by atoms with E-state index in [0.717, 1.165) is 18.4 Å². The molecule has 2 heteroatoms. The Bertz CT molecular complexity index is 535. The van der Waals surface area contributed by atoms with Crippen LogP contribution in [-0.2, 0) is 6.42 Å². The van der Waals surface area contributed by atoms with E-state index >= 15 is 0 Å². The van der Waals surface area contributed by atoms with Crippen LogP contribution in [0.4, 0.5) is 0 Å². The second-order valence-corrected chi connectivity index (χ2v) is 6.23. The number of nitrogens with zero attached hydrogens (tertiary/aromatic N) is 1. The summed E-state index contributed by atoms with van der Waals surface area (Å²) in [6, 6.07) is 11.1. The Morgan fingerprint density at radius 2 is 1.95 bits per heavy atom. The van der Waals surface area contributed by atoms with Gasteiger partial charge in [-0.25, -0.2) is 0 Å². The first-order valence-corrected chi connectivity index (χ1v) is 7.02. The third kappa shape index (κ3) is 3.32. The van der Waals surface area contributed by atoms with Crippen LogP contribution >= 0.6 is 0 Å². The Labute approximate surface area is 116 Å². The van der Waals surface area contributed by atoms with E-state index in [0.29, 0.717) is 6.04 Å². The van der Waals surface area contributed by atoms with Crippen molar-refractivity contribution in [3.8, 4) is 0 Å². The molecule has 0 spiro atoms. The summed E-state index contributed by atoms with van der Waals surface area (Å²) in [7, 11) is 2.06. The summed E-state index contributed by atoms with van der Waals surface area (Å²) in [4.78, 5) is 4.42. The molecule has 0 bridgehead atoms. The Morgan fingerprint density at radius 1 is 1.16 bits per heavy atom. The van der Waals surface area contributed by atoms with E-state index < -0.39 is 0 Å². The van der Waals surface area contributed by atoms with Gasteiger partial charge >= 0.3 is 0 Å². The number of benzene rings is 1. The van der Waals surface area contributed by atoms with Gasteiger partial charge < -0.3 is 5.32 Å². The quantitative estimate of drug-likeness (QED) is 0.900. The third-order valence-electron chi connectivity index (χ3n) is 3.83. The topological polar surface area (TPSA) is 24.9 Å². The smallest absolute Gasteiger partial charge is 0.0704 e. The average molecular weight is 256 g/mol. The first-order valence-electron chi connectivity index (χ1n) is 7.02. The Morgan fingerprint density at radius 3 is 2.63 bits per heavy atom. The van der Waals surface area contributed by atoms with Crippen LogP contribution in [0.5, 0.6) is 0 Å². The van der Waals surface area contributed by atoms with Crippen molar-refractivity contribution in [2.24, 2.45) is 5.41 Å². The lowest BCUT2D eigenvalue weighted by Gasteiger charge is -2.30. The van der Waals surface area contributed by atoms with Gasteiger partial charge in [0.25, 0.3) is 0 Å². The molecule has 1 heterocycles. The van der Waals surface area contributed by atoms with Crippen LogP contribution in [-0.4, -0.2) is 18.1 Å².